The van der Waals surface area contributed by atoms with E-state index in [1.807, 2.05) is 38.2 Å². The number of benzene rings is 1. The van der Waals surface area contributed by atoms with Gasteiger partial charge < -0.3 is 5.73 Å². The highest BCUT2D eigenvalue weighted by molar-refractivity contribution is 7.17. The Kier molecular flexibility index (Phi) is 11.3. The maximum absolute atomic E-state index is 11.1. The van der Waals surface area contributed by atoms with E-state index >= 15 is 0 Å². The molecule has 32 heavy (non-hydrogen) atoms. The van der Waals surface area contributed by atoms with Crippen molar-refractivity contribution in [1.82, 2.24) is 25.0 Å². The smallest absolute Gasteiger partial charge is 0.264 e. The maximum atomic E-state index is 11.1. The van der Waals surface area contributed by atoms with Gasteiger partial charge in [0.25, 0.3) is 5.56 Å². The highest BCUT2D eigenvalue weighted by Crippen LogP contribution is 2.33. The molecule has 1 aliphatic carbocycles. The van der Waals surface area contributed by atoms with Crippen molar-refractivity contribution in [1.29, 1.82) is 0 Å². The van der Waals surface area contributed by atoms with E-state index in [9.17, 15) is 4.79 Å². The van der Waals surface area contributed by atoms with Gasteiger partial charge in [-0.3, -0.25) is 4.79 Å². The lowest BCUT2D eigenvalue weighted by Gasteiger charge is -2.06. The molecule has 8 heteroatoms. The van der Waals surface area contributed by atoms with Crippen molar-refractivity contribution in [2.45, 2.75) is 58.8 Å². The van der Waals surface area contributed by atoms with Crippen LogP contribution in [0.3, 0.4) is 0 Å². The van der Waals surface area contributed by atoms with Crippen molar-refractivity contribution >= 4 is 21.6 Å². The van der Waals surface area contributed by atoms with Crippen LogP contribution in [0.4, 0.5) is 0 Å². The number of nitrogens with one attached hydrogen (secondary N) is 1. The number of hydrogen-bond donors (Lipinski definition) is 2. The largest absolute Gasteiger partial charge is 0.333 e. The Balaban J connectivity index is 0.000000278. The molecule has 1 saturated carbocycles. The third-order valence-corrected chi connectivity index (χ3v) is 5.78. The summed E-state index contributed by atoms with van der Waals surface area (Å²) in [6.45, 7) is 4.00. The maximum Gasteiger partial charge on any atom is 0.264 e. The van der Waals surface area contributed by atoms with Crippen LogP contribution in [-0.2, 0) is 0 Å². The van der Waals surface area contributed by atoms with Crippen molar-refractivity contribution in [3.05, 3.63) is 58.6 Å². The zero-order chi connectivity index (χ0) is 23.2. The fraction of sp³-hybridized carbons (Fsp3) is 0.417. The van der Waals surface area contributed by atoms with Gasteiger partial charge in [0.05, 0.1) is 21.6 Å². The summed E-state index contributed by atoms with van der Waals surface area (Å²) in [6.07, 6.45) is 14.1. The standard InChI is InChI=1S/C14H9N5OS.C7H14.C2H6.CH5N/c20-12-5-3-10(17-18-12)9-2-4-11(19-7-1-6-16-19)13-14(9)21-8-15-13;1-2-4-6-7-5-3-1;2*1-2/h1-8H,(H,18,20);1-7H2;1-2H3;2H2,1H3. The monoisotopic (exact) mass is 454 g/mol. The second-order valence-corrected chi connectivity index (χ2v) is 7.75. The Bertz CT molecular complexity index is 1050. The number of H-pyrrole nitrogens is 1. The molecule has 0 bridgehead atoms. The van der Waals surface area contributed by atoms with E-state index in [2.05, 4.69) is 26.0 Å². The molecule has 1 aromatic carbocycles. The molecule has 172 valence electrons. The molecule has 3 N–H and O–H groups in total. The first-order valence-electron chi connectivity index (χ1n) is 11.3. The highest BCUT2D eigenvalue weighted by atomic mass is 32.1. The van der Waals surface area contributed by atoms with Crippen LogP contribution < -0.4 is 11.3 Å². The van der Waals surface area contributed by atoms with Crippen LogP contribution in [0.15, 0.2) is 53.0 Å². The molecule has 1 fully saturated rings. The van der Waals surface area contributed by atoms with E-state index in [1.54, 1.807) is 33.8 Å². The highest BCUT2D eigenvalue weighted by Gasteiger charge is 2.12. The number of aromatic nitrogens is 5. The second kappa shape index (κ2) is 14.3. The Morgan fingerprint density at radius 2 is 1.62 bits per heavy atom. The molecular formula is C24H34N6OS. The van der Waals surface area contributed by atoms with Gasteiger partial charge in [0.1, 0.15) is 5.52 Å². The summed E-state index contributed by atoms with van der Waals surface area (Å²) < 4.78 is 2.80. The van der Waals surface area contributed by atoms with Gasteiger partial charge in [-0.05, 0) is 31.3 Å². The Hall–Kier alpha value is -2.84. The zero-order valence-electron chi connectivity index (χ0n) is 19.3. The van der Waals surface area contributed by atoms with Gasteiger partial charge in [-0.1, -0.05) is 58.8 Å². The lowest BCUT2D eigenvalue weighted by atomic mass is 10.1. The fourth-order valence-electron chi connectivity index (χ4n) is 3.47. The zero-order valence-corrected chi connectivity index (χ0v) is 20.1. The van der Waals surface area contributed by atoms with Crippen LogP contribution >= 0.6 is 11.3 Å². The molecule has 3 aromatic heterocycles. The number of rotatable bonds is 2. The van der Waals surface area contributed by atoms with E-state index in [1.165, 1.54) is 58.1 Å². The normalized spacial score (nSPS) is 12.9. The number of nitrogens with two attached hydrogens (primary N) is 1. The summed E-state index contributed by atoms with van der Waals surface area (Å²) in [5, 5.41) is 10.8. The van der Waals surface area contributed by atoms with Crippen LogP contribution in [-0.4, -0.2) is 32.0 Å². The predicted octanol–water partition coefficient (Wildman–Crippen LogP) is 5.56. The second-order valence-electron chi connectivity index (χ2n) is 6.89. The summed E-state index contributed by atoms with van der Waals surface area (Å²) in [6, 6.07) is 8.97. The van der Waals surface area contributed by atoms with Gasteiger partial charge in [0.2, 0.25) is 0 Å². The summed E-state index contributed by atoms with van der Waals surface area (Å²) in [4.78, 5) is 15.6. The van der Waals surface area contributed by atoms with Gasteiger partial charge in [-0.2, -0.15) is 10.2 Å². The minimum Gasteiger partial charge on any atom is -0.333 e. The Morgan fingerprint density at radius 3 is 2.16 bits per heavy atom. The molecule has 0 atom stereocenters. The van der Waals surface area contributed by atoms with E-state index in [0.29, 0.717) is 0 Å². The van der Waals surface area contributed by atoms with Crippen LogP contribution in [0, 0.1) is 0 Å². The van der Waals surface area contributed by atoms with Crippen molar-refractivity contribution in [3.8, 4) is 16.9 Å². The average molecular weight is 455 g/mol. The van der Waals surface area contributed by atoms with Gasteiger partial charge in [0.15, 0.2) is 0 Å². The lowest BCUT2D eigenvalue weighted by Crippen LogP contribution is -2.05. The molecule has 0 saturated heterocycles. The first-order valence-corrected chi connectivity index (χ1v) is 12.2. The molecule has 5 rings (SSSR count). The Morgan fingerprint density at radius 1 is 0.969 bits per heavy atom. The third-order valence-electron chi connectivity index (χ3n) is 4.92. The lowest BCUT2D eigenvalue weighted by molar-refractivity contribution is 0.702. The molecule has 0 unspecified atom stereocenters. The van der Waals surface area contributed by atoms with E-state index in [4.69, 9.17) is 0 Å². The minimum atomic E-state index is -0.215. The van der Waals surface area contributed by atoms with Crippen molar-refractivity contribution in [2.24, 2.45) is 5.73 Å². The van der Waals surface area contributed by atoms with Gasteiger partial charge in [-0.15, -0.1) is 11.3 Å². The van der Waals surface area contributed by atoms with Crippen molar-refractivity contribution < 1.29 is 0 Å². The van der Waals surface area contributed by atoms with Crippen LogP contribution in [0.5, 0.6) is 0 Å². The molecular weight excluding hydrogens is 420 g/mol. The topological polar surface area (TPSA) is 102 Å². The first-order chi connectivity index (χ1) is 15.8. The number of fused-ring (bicyclic) bond motifs is 1. The molecule has 4 aromatic rings. The average Bonchev–Trinajstić information content (AvgIpc) is 3.49. The Labute approximate surface area is 193 Å². The fourth-order valence-corrected chi connectivity index (χ4v) is 4.30. The molecule has 7 nitrogen and oxygen atoms in total. The summed E-state index contributed by atoms with van der Waals surface area (Å²) in [5.74, 6) is 0. The summed E-state index contributed by atoms with van der Waals surface area (Å²) in [7, 11) is 1.50. The van der Waals surface area contributed by atoms with E-state index in [-0.39, 0.29) is 5.56 Å². The van der Waals surface area contributed by atoms with E-state index in [0.717, 1.165) is 27.2 Å². The first kappa shape index (κ1) is 25.4. The van der Waals surface area contributed by atoms with Crippen LogP contribution in [0.2, 0.25) is 0 Å². The molecule has 1 aliphatic rings. The quantitative estimate of drug-likeness (QED) is 0.386. The molecule has 0 aliphatic heterocycles. The molecule has 0 spiro atoms. The van der Waals surface area contributed by atoms with E-state index < -0.39 is 0 Å². The van der Waals surface area contributed by atoms with Gasteiger partial charge in [0, 0.05) is 24.0 Å². The van der Waals surface area contributed by atoms with Gasteiger partial charge in [-0.25, -0.2) is 14.8 Å². The predicted molar refractivity (Wildman–Crippen MR) is 134 cm³/mol. The number of thiazole rings is 1. The minimum absolute atomic E-state index is 0.215. The number of hydrogen-bond acceptors (Lipinski definition) is 6. The molecule has 0 amide bonds. The SMILES string of the molecule is C1CCCCCC1.CC.CN.O=c1ccc(-c2ccc(-n3cccn3)c3ncsc23)n[nH]1. The summed E-state index contributed by atoms with van der Waals surface area (Å²) >= 11 is 1.54. The van der Waals surface area contributed by atoms with Gasteiger partial charge >= 0.3 is 0 Å². The molecule has 3 heterocycles. The summed E-state index contributed by atoms with van der Waals surface area (Å²) in [5.41, 5.74) is 9.54. The van der Waals surface area contributed by atoms with Crippen LogP contribution in [0.25, 0.3) is 27.2 Å². The van der Waals surface area contributed by atoms with Crippen LogP contribution in [0.1, 0.15) is 58.8 Å². The molecule has 0 radical (unpaired) electrons. The van der Waals surface area contributed by atoms with Crippen molar-refractivity contribution in [3.63, 3.8) is 0 Å². The van der Waals surface area contributed by atoms with Crippen molar-refractivity contribution in [2.75, 3.05) is 7.05 Å². The number of nitrogens with zero attached hydrogens (tertiary/aromatic N) is 4. The third kappa shape index (κ3) is 6.83. The number of aromatic amines is 1.